The van der Waals surface area contributed by atoms with Gasteiger partial charge in [0, 0.05) is 25.7 Å². The fourth-order valence-electron chi connectivity index (χ4n) is 3.18. The van der Waals surface area contributed by atoms with Gasteiger partial charge in [-0.05, 0) is 42.7 Å². The highest BCUT2D eigenvalue weighted by Gasteiger charge is 2.25. The van der Waals surface area contributed by atoms with Gasteiger partial charge >= 0.3 is 0 Å². The Hall–Kier alpha value is -1.73. The van der Waals surface area contributed by atoms with E-state index in [1.54, 1.807) is 12.1 Å². The number of ether oxygens (including phenoxy) is 1. The molecule has 1 aliphatic heterocycles. The molecule has 2 aromatic carbocycles. The summed E-state index contributed by atoms with van der Waals surface area (Å²) in [5, 5.41) is 0. The minimum atomic E-state index is -3.55. The Kier molecular flexibility index (Phi) is 6.09. The third-order valence-electron chi connectivity index (χ3n) is 4.93. The Balaban J connectivity index is 1.79. The lowest BCUT2D eigenvalue weighted by Gasteiger charge is -2.34. The topological polar surface area (TPSA) is 58.6 Å². The van der Waals surface area contributed by atoms with Gasteiger partial charge in [-0.15, -0.1) is 0 Å². The molecule has 6 heteroatoms. The van der Waals surface area contributed by atoms with E-state index in [2.05, 4.69) is 9.62 Å². The third-order valence-corrected chi connectivity index (χ3v) is 6.35. The number of sulfonamides is 1. The molecule has 3 rings (SSSR count). The monoisotopic (exact) mass is 374 g/mol. The summed E-state index contributed by atoms with van der Waals surface area (Å²) in [6.45, 7) is 7.17. The van der Waals surface area contributed by atoms with Crippen LogP contribution in [0.1, 0.15) is 22.7 Å². The number of morpholine rings is 1. The molecule has 0 aromatic heterocycles. The predicted molar refractivity (Wildman–Crippen MR) is 103 cm³/mol. The Morgan fingerprint density at radius 1 is 1.04 bits per heavy atom. The molecular weight excluding hydrogens is 348 g/mol. The van der Waals surface area contributed by atoms with Crippen molar-refractivity contribution in [2.24, 2.45) is 0 Å². The molecule has 140 valence electrons. The number of nitrogens with zero attached hydrogens (tertiary/aromatic N) is 1. The third kappa shape index (κ3) is 4.51. The van der Waals surface area contributed by atoms with Gasteiger partial charge in [0.1, 0.15) is 0 Å². The molecule has 0 amide bonds. The number of nitrogens with one attached hydrogen (secondary N) is 1. The Bertz CT molecular complexity index is 831. The van der Waals surface area contributed by atoms with Gasteiger partial charge in [0.05, 0.1) is 18.1 Å². The smallest absolute Gasteiger partial charge is 0.240 e. The second-order valence-electron chi connectivity index (χ2n) is 6.67. The minimum Gasteiger partial charge on any atom is -0.379 e. The van der Waals surface area contributed by atoms with Crippen LogP contribution >= 0.6 is 0 Å². The number of benzene rings is 2. The van der Waals surface area contributed by atoms with E-state index in [0.29, 0.717) is 24.7 Å². The van der Waals surface area contributed by atoms with Gasteiger partial charge in [0.15, 0.2) is 0 Å². The number of hydrogen-bond donors (Lipinski definition) is 1. The summed E-state index contributed by atoms with van der Waals surface area (Å²) in [7, 11) is -3.55. The van der Waals surface area contributed by atoms with Crippen molar-refractivity contribution in [3.63, 3.8) is 0 Å². The Morgan fingerprint density at radius 2 is 1.73 bits per heavy atom. The first-order valence-electron chi connectivity index (χ1n) is 8.91. The molecule has 5 nitrogen and oxygen atoms in total. The van der Waals surface area contributed by atoms with Crippen LogP contribution in [0.15, 0.2) is 53.4 Å². The Labute approximate surface area is 156 Å². The van der Waals surface area contributed by atoms with E-state index < -0.39 is 10.0 Å². The summed E-state index contributed by atoms with van der Waals surface area (Å²) in [6, 6.07) is 15.3. The van der Waals surface area contributed by atoms with Gasteiger partial charge in [-0.2, -0.15) is 0 Å². The first-order chi connectivity index (χ1) is 12.5. The lowest BCUT2D eigenvalue weighted by molar-refractivity contribution is 0.0172. The summed E-state index contributed by atoms with van der Waals surface area (Å²) in [6.07, 6.45) is 0. The fraction of sp³-hybridized carbons (Fsp3) is 0.400. The SMILES string of the molecule is Cc1ccc(S(=O)(=O)NC[C@@H](c2ccccc2)N2CCOCC2)cc1C. The highest BCUT2D eigenvalue weighted by molar-refractivity contribution is 7.89. The standard InChI is InChI=1S/C20H26N2O3S/c1-16-8-9-19(14-17(16)2)26(23,24)21-15-20(18-6-4-3-5-7-18)22-10-12-25-13-11-22/h3-9,14,20-21H,10-13,15H2,1-2H3/t20-/m0/s1. The zero-order valence-electron chi connectivity index (χ0n) is 15.3. The van der Waals surface area contributed by atoms with Crippen molar-refractivity contribution in [2.45, 2.75) is 24.8 Å². The highest BCUT2D eigenvalue weighted by Crippen LogP contribution is 2.22. The summed E-state index contributed by atoms with van der Waals surface area (Å²) in [5.41, 5.74) is 3.16. The van der Waals surface area contributed by atoms with E-state index in [1.807, 2.05) is 50.2 Å². The highest BCUT2D eigenvalue weighted by atomic mass is 32.2. The molecule has 1 N–H and O–H groups in total. The average molecular weight is 375 g/mol. The lowest BCUT2D eigenvalue weighted by atomic mass is 10.1. The van der Waals surface area contributed by atoms with Gasteiger partial charge in [0.25, 0.3) is 0 Å². The van der Waals surface area contributed by atoms with E-state index >= 15 is 0 Å². The number of hydrogen-bond acceptors (Lipinski definition) is 4. The van der Waals surface area contributed by atoms with Crippen LogP contribution in [0.25, 0.3) is 0 Å². The van der Waals surface area contributed by atoms with Crippen LogP contribution in [0, 0.1) is 13.8 Å². The van der Waals surface area contributed by atoms with Crippen molar-refractivity contribution < 1.29 is 13.2 Å². The van der Waals surface area contributed by atoms with Crippen LogP contribution in [-0.4, -0.2) is 46.2 Å². The molecule has 2 aromatic rings. The van der Waals surface area contributed by atoms with E-state index in [9.17, 15) is 8.42 Å². The summed E-state index contributed by atoms with van der Waals surface area (Å²) in [4.78, 5) is 2.59. The molecule has 0 saturated carbocycles. The van der Waals surface area contributed by atoms with E-state index in [4.69, 9.17) is 4.74 Å². The molecular formula is C20H26N2O3S. The van der Waals surface area contributed by atoms with E-state index in [0.717, 1.165) is 29.8 Å². The van der Waals surface area contributed by atoms with Crippen LogP contribution in [0.5, 0.6) is 0 Å². The van der Waals surface area contributed by atoms with Crippen LogP contribution in [0.2, 0.25) is 0 Å². The van der Waals surface area contributed by atoms with E-state index in [-0.39, 0.29) is 6.04 Å². The first kappa shape index (κ1) is 19.0. The van der Waals surface area contributed by atoms with Gasteiger partial charge < -0.3 is 4.74 Å². The van der Waals surface area contributed by atoms with Crippen molar-refractivity contribution in [3.05, 3.63) is 65.2 Å². The second kappa shape index (κ2) is 8.31. The average Bonchev–Trinajstić information content (AvgIpc) is 2.66. The zero-order valence-corrected chi connectivity index (χ0v) is 16.1. The van der Waals surface area contributed by atoms with E-state index in [1.165, 1.54) is 0 Å². The van der Waals surface area contributed by atoms with Gasteiger partial charge in [-0.25, -0.2) is 13.1 Å². The van der Waals surface area contributed by atoms with Crippen molar-refractivity contribution in [1.29, 1.82) is 0 Å². The van der Waals surface area contributed by atoms with Crippen LogP contribution in [-0.2, 0) is 14.8 Å². The lowest BCUT2D eigenvalue weighted by Crippen LogP contribution is -2.43. The molecule has 1 saturated heterocycles. The second-order valence-corrected chi connectivity index (χ2v) is 8.44. The molecule has 0 radical (unpaired) electrons. The normalized spacial score (nSPS) is 17.2. The molecule has 26 heavy (non-hydrogen) atoms. The molecule has 0 aliphatic carbocycles. The van der Waals surface area contributed by atoms with Crippen molar-refractivity contribution in [1.82, 2.24) is 9.62 Å². The summed E-state index contributed by atoms with van der Waals surface area (Å²) < 4.78 is 33.8. The van der Waals surface area contributed by atoms with Crippen molar-refractivity contribution >= 4 is 10.0 Å². The fourth-order valence-corrected chi connectivity index (χ4v) is 4.30. The maximum Gasteiger partial charge on any atom is 0.240 e. The molecule has 1 heterocycles. The Morgan fingerprint density at radius 3 is 2.38 bits per heavy atom. The van der Waals surface area contributed by atoms with Crippen LogP contribution in [0.4, 0.5) is 0 Å². The molecule has 0 spiro atoms. The molecule has 1 aliphatic rings. The maximum atomic E-state index is 12.8. The van der Waals surface area contributed by atoms with Gasteiger partial charge in [0.2, 0.25) is 10.0 Å². The minimum absolute atomic E-state index is 0.0126. The molecule has 1 atom stereocenters. The molecule has 0 unspecified atom stereocenters. The largest absolute Gasteiger partial charge is 0.379 e. The van der Waals surface area contributed by atoms with Gasteiger partial charge in [-0.1, -0.05) is 36.4 Å². The summed E-state index contributed by atoms with van der Waals surface area (Å²) >= 11 is 0. The molecule has 0 bridgehead atoms. The van der Waals surface area contributed by atoms with Crippen molar-refractivity contribution in [2.75, 3.05) is 32.8 Å². The van der Waals surface area contributed by atoms with Crippen molar-refractivity contribution in [3.8, 4) is 0 Å². The number of rotatable bonds is 6. The van der Waals surface area contributed by atoms with Crippen LogP contribution < -0.4 is 4.72 Å². The van der Waals surface area contributed by atoms with Gasteiger partial charge in [-0.3, -0.25) is 4.90 Å². The predicted octanol–water partition coefficient (Wildman–Crippen LogP) is 2.66. The maximum absolute atomic E-state index is 12.8. The summed E-state index contributed by atoms with van der Waals surface area (Å²) in [5.74, 6) is 0. The first-order valence-corrected chi connectivity index (χ1v) is 10.4. The number of aryl methyl sites for hydroxylation is 2. The quantitative estimate of drug-likeness (QED) is 0.845. The van der Waals surface area contributed by atoms with Crippen LogP contribution in [0.3, 0.4) is 0 Å². The zero-order chi connectivity index (χ0) is 18.6. The molecule has 1 fully saturated rings.